The Morgan fingerprint density at radius 2 is 1.83 bits per heavy atom. The van der Waals surface area contributed by atoms with Gasteiger partial charge in [0.15, 0.2) is 0 Å². The fourth-order valence-electron chi connectivity index (χ4n) is 2.34. The highest BCUT2D eigenvalue weighted by Gasteiger charge is 2.11. The van der Waals surface area contributed by atoms with E-state index in [9.17, 15) is 4.39 Å². The molecular weight excluding hydrogens is 225 g/mol. The van der Waals surface area contributed by atoms with E-state index >= 15 is 0 Å². The second-order valence-corrected chi connectivity index (χ2v) is 5.53. The van der Waals surface area contributed by atoms with Gasteiger partial charge in [-0.15, -0.1) is 0 Å². The highest BCUT2D eigenvalue weighted by Crippen LogP contribution is 2.17. The minimum Gasteiger partial charge on any atom is -0.316 e. The van der Waals surface area contributed by atoms with Gasteiger partial charge in [-0.3, -0.25) is 0 Å². The molecular formula is C16H26FN. The predicted molar refractivity (Wildman–Crippen MR) is 76.2 cm³/mol. The minimum atomic E-state index is -0.150. The van der Waals surface area contributed by atoms with Gasteiger partial charge >= 0.3 is 0 Å². The van der Waals surface area contributed by atoms with Crippen LogP contribution in [0.25, 0.3) is 0 Å². The van der Waals surface area contributed by atoms with Crippen LogP contribution < -0.4 is 5.32 Å². The van der Waals surface area contributed by atoms with Crippen molar-refractivity contribution in [3.8, 4) is 0 Å². The van der Waals surface area contributed by atoms with Crippen molar-refractivity contribution in [1.29, 1.82) is 0 Å². The summed E-state index contributed by atoms with van der Waals surface area (Å²) in [5, 5.41) is 3.50. The summed E-state index contributed by atoms with van der Waals surface area (Å²) < 4.78 is 12.9. The monoisotopic (exact) mass is 251 g/mol. The lowest BCUT2D eigenvalue weighted by Gasteiger charge is -2.19. The number of hydrogen-bond donors (Lipinski definition) is 1. The Hall–Kier alpha value is -0.890. The van der Waals surface area contributed by atoms with E-state index in [4.69, 9.17) is 0 Å². The van der Waals surface area contributed by atoms with Crippen LogP contribution in [0.2, 0.25) is 0 Å². The third kappa shape index (κ3) is 6.15. The number of hydrogen-bond acceptors (Lipinski definition) is 1. The lowest BCUT2D eigenvalue weighted by Crippen LogP contribution is -2.26. The molecule has 0 bridgehead atoms. The van der Waals surface area contributed by atoms with Gasteiger partial charge in [0, 0.05) is 0 Å². The smallest absolute Gasteiger partial charge is 0.123 e. The maximum absolute atomic E-state index is 12.9. The fourth-order valence-corrected chi connectivity index (χ4v) is 2.34. The van der Waals surface area contributed by atoms with Crippen LogP contribution in [0, 0.1) is 17.7 Å². The molecule has 0 aliphatic heterocycles. The average molecular weight is 251 g/mol. The third-order valence-electron chi connectivity index (χ3n) is 3.10. The molecule has 0 heterocycles. The molecule has 0 aliphatic carbocycles. The molecule has 0 aliphatic rings. The van der Waals surface area contributed by atoms with Gasteiger partial charge in [0.1, 0.15) is 5.82 Å². The van der Waals surface area contributed by atoms with E-state index in [2.05, 4.69) is 26.1 Å². The molecule has 0 aromatic heterocycles. The zero-order chi connectivity index (χ0) is 13.4. The molecule has 1 nitrogen and oxygen atoms in total. The molecule has 1 atom stereocenters. The Bertz CT molecular complexity index is 318. The minimum absolute atomic E-state index is 0.150. The van der Waals surface area contributed by atoms with E-state index in [0.29, 0.717) is 11.8 Å². The molecule has 0 fully saturated rings. The Labute approximate surface area is 111 Å². The van der Waals surface area contributed by atoms with Gasteiger partial charge in [0.2, 0.25) is 0 Å². The van der Waals surface area contributed by atoms with Gasteiger partial charge in [-0.05, 0) is 61.9 Å². The molecule has 0 amide bonds. The summed E-state index contributed by atoms with van der Waals surface area (Å²) >= 11 is 0. The van der Waals surface area contributed by atoms with Crippen molar-refractivity contribution in [2.24, 2.45) is 11.8 Å². The molecule has 1 aromatic rings. The molecule has 0 saturated heterocycles. The van der Waals surface area contributed by atoms with Crippen molar-refractivity contribution in [1.82, 2.24) is 5.32 Å². The van der Waals surface area contributed by atoms with Crippen LogP contribution in [-0.4, -0.2) is 13.1 Å². The predicted octanol–water partition coefficient (Wildman–Crippen LogP) is 4.03. The maximum atomic E-state index is 12.9. The molecule has 0 spiro atoms. The molecule has 1 N–H and O–H groups in total. The van der Waals surface area contributed by atoms with Gasteiger partial charge in [-0.25, -0.2) is 4.39 Å². The van der Waals surface area contributed by atoms with Crippen LogP contribution in [0.1, 0.15) is 39.2 Å². The zero-order valence-corrected chi connectivity index (χ0v) is 11.9. The quantitative estimate of drug-likeness (QED) is 0.688. The van der Waals surface area contributed by atoms with Crippen LogP contribution >= 0.6 is 0 Å². The Morgan fingerprint density at radius 3 is 2.39 bits per heavy atom. The summed E-state index contributed by atoms with van der Waals surface area (Å²) in [6.45, 7) is 8.85. The van der Waals surface area contributed by atoms with Crippen LogP contribution in [-0.2, 0) is 6.42 Å². The van der Waals surface area contributed by atoms with Gasteiger partial charge in [0.05, 0.1) is 0 Å². The SMILES string of the molecule is CCCNCC(Cc1ccc(F)cc1)CC(C)C. The lowest BCUT2D eigenvalue weighted by molar-refractivity contribution is 0.385. The van der Waals surface area contributed by atoms with Crippen LogP contribution in [0.5, 0.6) is 0 Å². The number of benzene rings is 1. The number of rotatable bonds is 8. The first kappa shape index (κ1) is 15.2. The summed E-state index contributed by atoms with van der Waals surface area (Å²) in [5.41, 5.74) is 1.24. The van der Waals surface area contributed by atoms with Crippen LogP contribution in [0.4, 0.5) is 4.39 Å². The van der Waals surface area contributed by atoms with E-state index < -0.39 is 0 Å². The molecule has 0 radical (unpaired) electrons. The van der Waals surface area contributed by atoms with Gasteiger partial charge in [-0.2, -0.15) is 0 Å². The van der Waals surface area contributed by atoms with Crippen molar-refractivity contribution >= 4 is 0 Å². The fraction of sp³-hybridized carbons (Fsp3) is 0.625. The maximum Gasteiger partial charge on any atom is 0.123 e. The molecule has 0 saturated carbocycles. The molecule has 1 unspecified atom stereocenters. The first-order valence-corrected chi connectivity index (χ1v) is 7.07. The lowest BCUT2D eigenvalue weighted by atomic mass is 9.91. The standard InChI is InChI=1S/C16H26FN/c1-4-9-18-12-15(10-13(2)3)11-14-5-7-16(17)8-6-14/h5-8,13,15,18H,4,9-12H2,1-3H3. The van der Waals surface area contributed by atoms with Gasteiger partial charge in [-0.1, -0.05) is 32.9 Å². The van der Waals surface area contributed by atoms with Crippen molar-refractivity contribution in [3.63, 3.8) is 0 Å². The second kappa shape index (κ2) is 8.25. The normalized spacial score (nSPS) is 12.9. The van der Waals surface area contributed by atoms with Crippen molar-refractivity contribution in [3.05, 3.63) is 35.6 Å². The van der Waals surface area contributed by atoms with Crippen molar-refractivity contribution in [2.45, 2.75) is 40.0 Å². The molecule has 2 heteroatoms. The van der Waals surface area contributed by atoms with E-state index in [1.165, 1.54) is 18.4 Å². The van der Waals surface area contributed by atoms with Crippen molar-refractivity contribution in [2.75, 3.05) is 13.1 Å². The van der Waals surface area contributed by atoms with Crippen LogP contribution in [0.3, 0.4) is 0 Å². The summed E-state index contributed by atoms with van der Waals surface area (Å²) in [7, 11) is 0. The van der Waals surface area contributed by atoms with Gasteiger partial charge in [0.25, 0.3) is 0 Å². The largest absolute Gasteiger partial charge is 0.316 e. The summed E-state index contributed by atoms with van der Waals surface area (Å²) in [4.78, 5) is 0. The Balaban J connectivity index is 2.51. The van der Waals surface area contributed by atoms with E-state index in [1.54, 1.807) is 12.1 Å². The van der Waals surface area contributed by atoms with Gasteiger partial charge < -0.3 is 5.32 Å². The van der Waals surface area contributed by atoms with E-state index in [0.717, 1.165) is 19.5 Å². The summed E-state index contributed by atoms with van der Waals surface area (Å²) in [6, 6.07) is 6.92. The second-order valence-electron chi connectivity index (χ2n) is 5.53. The highest BCUT2D eigenvalue weighted by molar-refractivity contribution is 5.16. The third-order valence-corrected chi connectivity index (χ3v) is 3.10. The number of halogens is 1. The van der Waals surface area contributed by atoms with E-state index in [1.807, 2.05) is 12.1 Å². The first-order chi connectivity index (χ1) is 8.61. The van der Waals surface area contributed by atoms with E-state index in [-0.39, 0.29) is 5.82 Å². The Kier molecular flexibility index (Phi) is 6.96. The zero-order valence-electron chi connectivity index (χ0n) is 11.9. The molecule has 1 aromatic carbocycles. The summed E-state index contributed by atoms with van der Waals surface area (Å²) in [5.74, 6) is 1.20. The number of nitrogens with one attached hydrogen (secondary N) is 1. The summed E-state index contributed by atoms with van der Waals surface area (Å²) in [6.07, 6.45) is 3.42. The molecule has 1 rings (SSSR count). The van der Waals surface area contributed by atoms with Crippen molar-refractivity contribution < 1.29 is 4.39 Å². The highest BCUT2D eigenvalue weighted by atomic mass is 19.1. The average Bonchev–Trinajstić information content (AvgIpc) is 2.31. The molecule has 102 valence electrons. The molecule has 18 heavy (non-hydrogen) atoms. The topological polar surface area (TPSA) is 12.0 Å². The first-order valence-electron chi connectivity index (χ1n) is 7.07. The van der Waals surface area contributed by atoms with Crippen LogP contribution in [0.15, 0.2) is 24.3 Å². The Morgan fingerprint density at radius 1 is 1.17 bits per heavy atom.